The molecule has 0 unspecified atom stereocenters. The number of rotatable bonds is 2. The Morgan fingerprint density at radius 1 is 1.26 bits per heavy atom. The number of benzene rings is 1. The van der Waals surface area contributed by atoms with Gasteiger partial charge < -0.3 is 11.1 Å². The van der Waals surface area contributed by atoms with E-state index in [9.17, 15) is 9.18 Å². The molecule has 0 radical (unpaired) electrons. The quantitative estimate of drug-likeness (QED) is 0.860. The number of nitrogens with two attached hydrogens (primary N) is 1. The molecular formula is C13H17BrClFN2O. The fourth-order valence-corrected chi connectivity index (χ4v) is 2.68. The maximum Gasteiger partial charge on any atom is 0.251 e. The third kappa shape index (κ3) is 4.75. The average molecular weight is 352 g/mol. The van der Waals surface area contributed by atoms with Crippen LogP contribution in [0.3, 0.4) is 0 Å². The van der Waals surface area contributed by atoms with E-state index in [1.54, 1.807) is 6.07 Å². The second-order valence-electron chi connectivity index (χ2n) is 4.74. The van der Waals surface area contributed by atoms with Crippen LogP contribution in [0.15, 0.2) is 22.7 Å². The maximum atomic E-state index is 13.2. The van der Waals surface area contributed by atoms with Crippen LogP contribution in [0.4, 0.5) is 4.39 Å². The number of hydrogen-bond acceptors (Lipinski definition) is 2. The van der Waals surface area contributed by atoms with E-state index in [0.717, 1.165) is 25.7 Å². The van der Waals surface area contributed by atoms with Gasteiger partial charge in [0.05, 0.1) is 0 Å². The molecule has 0 bridgehead atoms. The van der Waals surface area contributed by atoms with Crippen LogP contribution in [-0.2, 0) is 0 Å². The molecule has 106 valence electrons. The summed E-state index contributed by atoms with van der Waals surface area (Å²) in [5, 5.41) is 2.93. The van der Waals surface area contributed by atoms with Crippen LogP contribution in [0.25, 0.3) is 0 Å². The van der Waals surface area contributed by atoms with E-state index in [-0.39, 0.29) is 30.4 Å². The van der Waals surface area contributed by atoms with Gasteiger partial charge in [-0.1, -0.05) is 15.9 Å². The lowest BCUT2D eigenvalue weighted by Crippen LogP contribution is -2.40. The standard InChI is InChI=1S/C13H16BrFN2O.ClH/c14-9-5-8(6-10(15)7-9)13(18)17-12-3-1-11(16)2-4-12;/h5-7,11-12H,1-4,16H2,(H,17,18);1H. The van der Waals surface area contributed by atoms with E-state index in [4.69, 9.17) is 5.73 Å². The third-order valence-corrected chi connectivity index (χ3v) is 3.69. The number of carbonyl (C=O) groups excluding carboxylic acids is 1. The van der Waals surface area contributed by atoms with Gasteiger partial charge in [0.2, 0.25) is 0 Å². The Morgan fingerprint density at radius 2 is 1.89 bits per heavy atom. The number of halogens is 3. The largest absolute Gasteiger partial charge is 0.349 e. The SMILES string of the molecule is Cl.NC1CCC(NC(=O)c2cc(F)cc(Br)c2)CC1. The van der Waals surface area contributed by atoms with Crippen molar-refractivity contribution in [2.75, 3.05) is 0 Å². The van der Waals surface area contributed by atoms with Gasteiger partial charge >= 0.3 is 0 Å². The predicted molar refractivity (Wildman–Crippen MR) is 79.0 cm³/mol. The van der Waals surface area contributed by atoms with E-state index in [1.165, 1.54) is 12.1 Å². The van der Waals surface area contributed by atoms with Crippen LogP contribution in [0.5, 0.6) is 0 Å². The Hall–Kier alpha value is -0.650. The van der Waals surface area contributed by atoms with Crippen molar-refractivity contribution in [2.45, 2.75) is 37.8 Å². The molecule has 3 N–H and O–H groups in total. The summed E-state index contributed by atoms with van der Waals surface area (Å²) in [6.45, 7) is 0. The Kier molecular flexibility index (Phi) is 6.23. The topological polar surface area (TPSA) is 55.1 Å². The zero-order chi connectivity index (χ0) is 13.1. The van der Waals surface area contributed by atoms with Crippen LogP contribution in [0.2, 0.25) is 0 Å². The molecule has 1 aliphatic carbocycles. The van der Waals surface area contributed by atoms with Crippen LogP contribution < -0.4 is 11.1 Å². The minimum absolute atomic E-state index is 0. The Morgan fingerprint density at radius 3 is 2.47 bits per heavy atom. The van der Waals surface area contributed by atoms with Crippen molar-refractivity contribution >= 4 is 34.2 Å². The molecule has 0 spiro atoms. The highest BCUT2D eigenvalue weighted by molar-refractivity contribution is 9.10. The van der Waals surface area contributed by atoms with Gasteiger partial charge in [0.1, 0.15) is 5.82 Å². The van der Waals surface area contributed by atoms with E-state index in [2.05, 4.69) is 21.2 Å². The van der Waals surface area contributed by atoms with E-state index in [1.807, 2.05) is 0 Å². The molecular weight excluding hydrogens is 335 g/mol. The van der Waals surface area contributed by atoms with E-state index < -0.39 is 5.82 Å². The molecule has 0 heterocycles. The molecule has 0 aliphatic heterocycles. The van der Waals surface area contributed by atoms with Gasteiger partial charge in [0.25, 0.3) is 5.91 Å². The molecule has 19 heavy (non-hydrogen) atoms. The average Bonchev–Trinajstić information content (AvgIpc) is 2.31. The Labute approximate surface area is 126 Å². The van der Waals surface area contributed by atoms with Crippen LogP contribution in [0, 0.1) is 5.82 Å². The van der Waals surface area contributed by atoms with Crippen molar-refractivity contribution < 1.29 is 9.18 Å². The summed E-state index contributed by atoms with van der Waals surface area (Å²) in [6, 6.07) is 4.60. The normalized spacial score (nSPS) is 22.5. The minimum Gasteiger partial charge on any atom is -0.349 e. The molecule has 0 atom stereocenters. The zero-order valence-corrected chi connectivity index (χ0v) is 12.8. The highest BCUT2D eigenvalue weighted by atomic mass is 79.9. The molecule has 1 aromatic carbocycles. The summed E-state index contributed by atoms with van der Waals surface area (Å²) in [5.41, 5.74) is 6.15. The monoisotopic (exact) mass is 350 g/mol. The summed E-state index contributed by atoms with van der Waals surface area (Å²) >= 11 is 3.18. The van der Waals surface area contributed by atoms with Gasteiger partial charge in [0.15, 0.2) is 0 Å². The molecule has 2 rings (SSSR count). The van der Waals surface area contributed by atoms with E-state index in [0.29, 0.717) is 10.0 Å². The highest BCUT2D eigenvalue weighted by Crippen LogP contribution is 2.19. The van der Waals surface area contributed by atoms with Crippen molar-refractivity contribution in [1.82, 2.24) is 5.32 Å². The van der Waals surface area contributed by atoms with E-state index >= 15 is 0 Å². The lowest BCUT2D eigenvalue weighted by Gasteiger charge is -2.26. The first-order valence-corrected chi connectivity index (χ1v) is 6.86. The maximum absolute atomic E-state index is 13.2. The fraction of sp³-hybridized carbons (Fsp3) is 0.462. The lowest BCUT2D eigenvalue weighted by atomic mass is 9.91. The highest BCUT2D eigenvalue weighted by Gasteiger charge is 2.20. The lowest BCUT2D eigenvalue weighted by molar-refractivity contribution is 0.0925. The zero-order valence-electron chi connectivity index (χ0n) is 10.4. The number of amides is 1. The summed E-state index contributed by atoms with van der Waals surface area (Å²) in [5.74, 6) is -0.643. The first kappa shape index (κ1) is 16.4. The van der Waals surface area contributed by atoms with Crippen molar-refractivity contribution in [2.24, 2.45) is 5.73 Å². The molecule has 1 saturated carbocycles. The fourth-order valence-electron chi connectivity index (χ4n) is 2.22. The van der Waals surface area contributed by atoms with Crippen molar-refractivity contribution in [3.63, 3.8) is 0 Å². The van der Waals surface area contributed by atoms with Gasteiger partial charge in [0, 0.05) is 22.1 Å². The first-order valence-electron chi connectivity index (χ1n) is 6.07. The molecule has 1 fully saturated rings. The van der Waals surface area contributed by atoms with Crippen molar-refractivity contribution in [3.8, 4) is 0 Å². The molecule has 0 aromatic heterocycles. The molecule has 6 heteroatoms. The summed E-state index contributed by atoms with van der Waals surface area (Å²) < 4.78 is 13.8. The molecule has 0 saturated heterocycles. The summed E-state index contributed by atoms with van der Waals surface area (Å²) in [7, 11) is 0. The van der Waals surface area contributed by atoms with Gasteiger partial charge in [-0.2, -0.15) is 0 Å². The first-order chi connectivity index (χ1) is 8.54. The van der Waals surface area contributed by atoms with Crippen LogP contribution >= 0.6 is 28.3 Å². The second-order valence-corrected chi connectivity index (χ2v) is 5.66. The molecule has 1 amide bonds. The smallest absolute Gasteiger partial charge is 0.251 e. The van der Waals surface area contributed by atoms with Crippen LogP contribution in [-0.4, -0.2) is 18.0 Å². The van der Waals surface area contributed by atoms with Gasteiger partial charge in [-0.05, 0) is 43.9 Å². The minimum atomic E-state index is -0.416. The van der Waals surface area contributed by atoms with Crippen molar-refractivity contribution in [3.05, 3.63) is 34.1 Å². The van der Waals surface area contributed by atoms with Gasteiger partial charge in [-0.25, -0.2) is 4.39 Å². The van der Waals surface area contributed by atoms with Crippen LogP contribution in [0.1, 0.15) is 36.0 Å². The number of nitrogens with one attached hydrogen (secondary N) is 1. The Balaban J connectivity index is 0.00000180. The third-order valence-electron chi connectivity index (χ3n) is 3.23. The Bertz CT molecular complexity index is 430. The second kappa shape index (κ2) is 7.22. The number of carbonyl (C=O) groups is 1. The molecule has 1 aliphatic rings. The van der Waals surface area contributed by atoms with Gasteiger partial charge in [-0.15, -0.1) is 12.4 Å². The summed E-state index contributed by atoms with van der Waals surface area (Å²) in [6.07, 6.45) is 3.64. The molecule has 1 aromatic rings. The van der Waals surface area contributed by atoms with Crippen molar-refractivity contribution in [1.29, 1.82) is 0 Å². The van der Waals surface area contributed by atoms with Gasteiger partial charge in [-0.3, -0.25) is 4.79 Å². The summed E-state index contributed by atoms with van der Waals surface area (Å²) in [4.78, 5) is 12.0. The predicted octanol–water partition coefficient (Wildman–Crippen LogP) is 3.01. The number of hydrogen-bond donors (Lipinski definition) is 2. The molecule has 3 nitrogen and oxygen atoms in total.